The maximum Gasteiger partial charge on any atom is 0.311 e. The predicted octanol–water partition coefficient (Wildman–Crippen LogP) is 2.85. The number of hydrogen-bond donors (Lipinski definition) is 1. The summed E-state index contributed by atoms with van der Waals surface area (Å²) in [6, 6.07) is 6.08. The van der Waals surface area contributed by atoms with Crippen LogP contribution in [0.15, 0.2) is 18.2 Å². The third-order valence-electron chi connectivity index (χ3n) is 5.50. The molecule has 3 rings (SSSR count). The molecule has 6 nitrogen and oxygen atoms in total. The average Bonchev–Trinajstić information content (AvgIpc) is 2.62. The lowest BCUT2D eigenvalue weighted by atomic mass is 9.95. The number of nitro groups is 1. The number of nitro benzene ring substituents is 1. The van der Waals surface area contributed by atoms with Crippen LogP contribution < -0.4 is 14.5 Å². The van der Waals surface area contributed by atoms with Crippen LogP contribution in [-0.2, 0) is 0 Å². The number of piperidine rings is 2. The van der Waals surface area contributed by atoms with Crippen molar-refractivity contribution < 1.29 is 9.66 Å². The molecule has 1 aromatic carbocycles. The Morgan fingerprint density at radius 3 is 2.52 bits per heavy atom. The number of hydrogen-bond acceptors (Lipinski definition) is 4. The second-order valence-electron chi connectivity index (χ2n) is 6.64. The molecule has 0 spiro atoms. The molecule has 126 valence electrons. The van der Waals surface area contributed by atoms with Gasteiger partial charge in [0.05, 0.1) is 31.2 Å². The maximum absolute atomic E-state index is 11.2. The molecule has 1 aromatic rings. The number of ether oxygens (including phenoxy) is 1. The van der Waals surface area contributed by atoms with Crippen molar-refractivity contribution >= 4 is 11.4 Å². The van der Waals surface area contributed by atoms with Crippen LogP contribution in [0.4, 0.5) is 11.4 Å². The number of benzene rings is 1. The fourth-order valence-corrected chi connectivity index (χ4v) is 4.31. The zero-order chi connectivity index (χ0) is 16.3. The highest BCUT2D eigenvalue weighted by atomic mass is 16.6. The summed E-state index contributed by atoms with van der Waals surface area (Å²) in [5.74, 6) is 0.379. The van der Waals surface area contributed by atoms with Crippen molar-refractivity contribution in [1.82, 2.24) is 9.80 Å². The Bertz CT molecular complexity index is 564. The molecule has 6 heteroatoms. The van der Waals surface area contributed by atoms with Crippen molar-refractivity contribution in [2.24, 2.45) is 0 Å². The number of nitrogens with zero attached hydrogens (tertiary/aromatic N) is 2. The van der Waals surface area contributed by atoms with Crippen LogP contribution >= 0.6 is 0 Å². The molecule has 0 aliphatic carbocycles. The number of nitrogens with one attached hydrogen (secondary N) is 1. The van der Waals surface area contributed by atoms with E-state index in [0.717, 1.165) is 30.7 Å². The molecule has 2 heterocycles. The molecule has 2 fully saturated rings. The van der Waals surface area contributed by atoms with Gasteiger partial charge in [-0.2, -0.15) is 0 Å². The summed E-state index contributed by atoms with van der Waals surface area (Å²) >= 11 is 0. The second-order valence-corrected chi connectivity index (χ2v) is 6.64. The van der Waals surface area contributed by atoms with Crippen LogP contribution in [0.3, 0.4) is 0 Å². The van der Waals surface area contributed by atoms with E-state index in [1.54, 1.807) is 6.07 Å². The van der Waals surface area contributed by atoms with Crippen LogP contribution in [0.2, 0.25) is 0 Å². The second kappa shape index (κ2) is 6.84. The molecular formula is C17H26N3O3+. The van der Waals surface area contributed by atoms with Gasteiger partial charge in [-0.1, -0.05) is 0 Å². The first kappa shape index (κ1) is 16.2. The largest absolute Gasteiger partial charge is 0.490 e. The topological polar surface area (TPSA) is 64.4 Å². The molecule has 0 radical (unpaired) electrons. The maximum atomic E-state index is 11.2. The van der Waals surface area contributed by atoms with Crippen molar-refractivity contribution in [3.05, 3.63) is 28.3 Å². The van der Waals surface area contributed by atoms with Crippen molar-refractivity contribution in [1.29, 1.82) is 0 Å². The SMILES string of the molecule is COc1cc([N+]2(C3CCNCC3)CCCCC2)ccc1[N+](=O)[O-]. The summed E-state index contributed by atoms with van der Waals surface area (Å²) < 4.78 is 6.27. The van der Waals surface area contributed by atoms with Crippen LogP contribution in [0, 0.1) is 10.1 Å². The quantitative estimate of drug-likeness (QED) is 0.526. The third kappa shape index (κ3) is 3.05. The summed E-state index contributed by atoms with van der Waals surface area (Å²) in [5, 5.41) is 14.6. The average molecular weight is 320 g/mol. The fraction of sp³-hybridized carbons (Fsp3) is 0.647. The highest BCUT2D eigenvalue weighted by Gasteiger charge is 2.41. The summed E-state index contributed by atoms with van der Waals surface area (Å²) in [6.45, 7) is 4.39. The highest BCUT2D eigenvalue weighted by Crippen LogP contribution is 2.39. The molecule has 1 N–H and O–H groups in total. The minimum absolute atomic E-state index is 0.0525. The van der Waals surface area contributed by atoms with E-state index in [-0.39, 0.29) is 10.6 Å². The first-order valence-corrected chi connectivity index (χ1v) is 8.58. The van der Waals surface area contributed by atoms with Gasteiger partial charge < -0.3 is 10.1 Å². The Hall–Kier alpha value is -1.66. The number of quaternary nitrogens is 1. The van der Waals surface area contributed by atoms with Gasteiger partial charge in [-0.15, -0.1) is 0 Å². The highest BCUT2D eigenvalue weighted by molar-refractivity contribution is 5.58. The lowest BCUT2D eigenvalue weighted by molar-refractivity contribution is -0.385. The van der Waals surface area contributed by atoms with Gasteiger partial charge in [0.25, 0.3) is 0 Å². The predicted molar refractivity (Wildman–Crippen MR) is 90.9 cm³/mol. The molecule has 2 aliphatic heterocycles. The molecular weight excluding hydrogens is 294 g/mol. The standard InChI is InChI=1S/C17H26N3O3/c1-23-17-13-15(5-6-16(17)19(21)22)20(11-3-2-4-12-20)14-7-9-18-10-8-14/h5-6,13-14,18H,2-4,7-12H2,1H3/q+1. The Morgan fingerprint density at radius 1 is 1.22 bits per heavy atom. The number of likely N-dealkylation sites (tertiary alicyclic amines) is 1. The van der Waals surface area contributed by atoms with Crippen LogP contribution in [0.25, 0.3) is 0 Å². The van der Waals surface area contributed by atoms with Gasteiger partial charge in [-0.05, 0) is 19.3 Å². The van der Waals surface area contributed by atoms with E-state index in [2.05, 4.69) is 5.32 Å². The van der Waals surface area contributed by atoms with Crippen molar-refractivity contribution in [2.45, 2.75) is 38.1 Å². The Balaban J connectivity index is 2.00. The zero-order valence-electron chi connectivity index (χ0n) is 13.8. The lowest BCUT2D eigenvalue weighted by Crippen LogP contribution is -2.62. The van der Waals surface area contributed by atoms with Crippen LogP contribution in [0.1, 0.15) is 32.1 Å². The Morgan fingerprint density at radius 2 is 1.91 bits per heavy atom. The monoisotopic (exact) mass is 320 g/mol. The first-order chi connectivity index (χ1) is 11.2. The number of rotatable bonds is 4. The van der Waals surface area contributed by atoms with Crippen LogP contribution in [-0.4, -0.2) is 44.3 Å². The molecule has 23 heavy (non-hydrogen) atoms. The van der Waals surface area contributed by atoms with E-state index in [9.17, 15) is 10.1 Å². The molecule has 0 bridgehead atoms. The fourth-order valence-electron chi connectivity index (χ4n) is 4.31. The van der Waals surface area contributed by atoms with E-state index in [4.69, 9.17) is 4.74 Å². The normalized spacial score (nSPS) is 21.8. The van der Waals surface area contributed by atoms with E-state index < -0.39 is 0 Å². The van der Waals surface area contributed by atoms with E-state index in [0.29, 0.717) is 11.8 Å². The molecule has 0 saturated carbocycles. The summed E-state index contributed by atoms with van der Waals surface area (Å²) in [7, 11) is 1.51. The van der Waals surface area contributed by atoms with Crippen LogP contribution in [0.5, 0.6) is 5.75 Å². The van der Waals surface area contributed by atoms with Gasteiger partial charge in [0, 0.05) is 44.1 Å². The molecule has 0 amide bonds. The lowest BCUT2D eigenvalue weighted by Gasteiger charge is -2.48. The van der Waals surface area contributed by atoms with Gasteiger partial charge >= 0.3 is 5.69 Å². The number of methoxy groups -OCH3 is 1. The van der Waals surface area contributed by atoms with Crippen molar-refractivity contribution in [3.8, 4) is 5.75 Å². The van der Waals surface area contributed by atoms with Gasteiger partial charge in [-0.25, -0.2) is 0 Å². The minimum atomic E-state index is -0.367. The first-order valence-electron chi connectivity index (χ1n) is 8.58. The minimum Gasteiger partial charge on any atom is -0.490 e. The molecule has 2 saturated heterocycles. The van der Waals surface area contributed by atoms with Gasteiger partial charge in [0.2, 0.25) is 5.75 Å². The van der Waals surface area contributed by atoms with Crippen molar-refractivity contribution in [3.63, 3.8) is 0 Å². The Kier molecular flexibility index (Phi) is 4.82. The smallest absolute Gasteiger partial charge is 0.311 e. The third-order valence-corrected chi connectivity index (χ3v) is 5.50. The Labute approximate surface area is 137 Å². The molecule has 2 aliphatic rings. The van der Waals surface area contributed by atoms with Gasteiger partial charge in [0.15, 0.2) is 0 Å². The molecule has 0 atom stereocenters. The summed E-state index contributed by atoms with van der Waals surface area (Å²) in [5.41, 5.74) is 1.23. The van der Waals surface area contributed by atoms with Crippen molar-refractivity contribution in [2.75, 3.05) is 33.3 Å². The van der Waals surface area contributed by atoms with Gasteiger partial charge in [0.1, 0.15) is 5.69 Å². The van der Waals surface area contributed by atoms with E-state index in [1.165, 1.54) is 44.9 Å². The zero-order valence-corrected chi connectivity index (χ0v) is 13.8. The summed E-state index contributed by atoms with van der Waals surface area (Å²) in [4.78, 5) is 10.8. The molecule has 0 unspecified atom stereocenters. The van der Waals surface area contributed by atoms with E-state index >= 15 is 0 Å². The summed E-state index contributed by atoms with van der Waals surface area (Å²) in [6.07, 6.45) is 6.07. The van der Waals surface area contributed by atoms with E-state index in [1.807, 2.05) is 12.1 Å². The van der Waals surface area contributed by atoms with Gasteiger partial charge in [-0.3, -0.25) is 14.6 Å². The molecule has 0 aromatic heterocycles.